The molecule has 1 aromatic heterocycles. The first kappa shape index (κ1) is 15.0. The van der Waals surface area contributed by atoms with Crippen LogP contribution in [0.4, 0.5) is 0 Å². The van der Waals surface area contributed by atoms with E-state index in [0.29, 0.717) is 11.5 Å². The average molecular weight is 301 g/mol. The zero-order valence-electron chi connectivity index (χ0n) is 11.5. The summed E-state index contributed by atoms with van der Waals surface area (Å²) in [6.07, 6.45) is 3.88. The van der Waals surface area contributed by atoms with Gasteiger partial charge in [-0.1, -0.05) is 13.0 Å². The Balaban J connectivity index is 1.98. The first-order valence-electron chi connectivity index (χ1n) is 6.99. The summed E-state index contributed by atoms with van der Waals surface area (Å²) in [5.41, 5.74) is -0.0437. The van der Waals surface area contributed by atoms with Crippen molar-refractivity contribution in [3.05, 3.63) is 22.4 Å². The smallest absolute Gasteiger partial charge is 0.150 e. The summed E-state index contributed by atoms with van der Waals surface area (Å²) < 4.78 is 23.6. The number of thiophene rings is 1. The van der Waals surface area contributed by atoms with E-state index in [4.69, 9.17) is 0 Å². The summed E-state index contributed by atoms with van der Waals surface area (Å²) in [4.78, 5) is 1.36. The predicted molar refractivity (Wildman–Crippen MR) is 81.5 cm³/mol. The fourth-order valence-electron chi connectivity index (χ4n) is 2.78. The summed E-state index contributed by atoms with van der Waals surface area (Å²) >= 11 is 1.76. The van der Waals surface area contributed by atoms with Crippen LogP contribution in [0.25, 0.3) is 0 Å². The van der Waals surface area contributed by atoms with Gasteiger partial charge in [-0.2, -0.15) is 0 Å². The molecular formula is C14H23NO2S2. The first-order valence-corrected chi connectivity index (χ1v) is 9.69. The highest BCUT2D eigenvalue weighted by Crippen LogP contribution is 2.36. The van der Waals surface area contributed by atoms with Crippen LogP contribution < -0.4 is 5.32 Å². The summed E-state index contributed by atoms with van der Waals surface area (Å²) in [6.45, 7) is 3.95. The van der Waals surface area contributed by atoms with Crippen molar-refractivity contribution in [3.8, 4) is 0 Å². The third-order valence-corrected chi connectivity index (χ3v) is 6.69. The highest BCUT2D eigenvalue weighted by molar-refractivity contribution is 7.91. The van der Waals surface area contributed by atoms with Crippen molar-refractivity contribution in [3.63, 3.8) is 0 Å². The molecule has 0 aliphatic carbocycles. The zero-order valence-corrected chi connectivity index (χ0v) is 13.2. The van der Waals surface area contributed by atoms with Gasteiger partial charge < -0.3 is 5.32 Å². The standard InChI is InChI=1S/C14H23NO2S2/c1-2-8-15-11-14(7-10-19(16,17)12-14)6-5-13-4-3-9-18-13/h3-4,9,15H,2,5-8,10-12H2,1H3. The fourth-order valence-corrected chi connectivity index (χ4v) is 5.70. The molecule has 19 heavy (non-hydrogen) atoms. The average Bonchev–Trinajstić information content (AvgIpc) is 2.96. The van der Waals surface area contributed by atoms with Crippen molar-refractivity contribution in [2.24, 2.45) is 5.41 Å². The molecule has 0 amide bonds. The van der Waals surface area contributed by atoms with E-state index in [2.05, 4.69) is 29.8 Å². The molecule has 2 rings (SSSR count). The molecule has 0 bridgehead atoms. The Labute approximate surface area is 120 Å². The van der Waals surface area contributed by atoms with Crippen LogP contribution >= 0.6 is 11.3 Å². The van der Waals surface area contributed by atoms with Crippen molar-refractivity contribution in [1.29, 1.82) is 0 Å². The van der Waals surface area contributed by atoms with E-state index in [1.165, 1.54) is 4.88 Å². The predicted octanol–water partition coefficient (Wildman–Crippen LogP) is 2.49. The van der Waals surface area contributed by atoms with Crippen molar-refractivity contribution in [1.82, 2.24) is 5.32 Å². The maximum atomic E-state index is 11.8. The van der Waals surface area contributed by atoms with Crippen LogP contribution in [-0.4, -0.2) is 33.0 Å². The van der Waals surface area contributed by atoms with Crippen molar-refractivity contribution in [2.45, 2.75) is 32.6 Å². The van der Waals surface area contributed by atoms with Crippen molar-refractivity contribution in [2.75, 3.05) is 24.6 Å². The molecule has 108 valence electrons. The Morgan fingerprint density at radius 1 is 1.47 bits per heavy atom. The monoisotopic (exact) mass is 301 g/mol. The zero-order chi connectivity index (χ0) is 13.8. The Morgan fingerprint density at radius 2 is 2.32 bits per heavy atom. The molecule has 0 saturated carbocycles. The molecule has 3 nitrogen and oxygen atoms in total. The lowest BCUT2D eigenvalue weighted by Gasteiger charge is -2.28. The minimum atomic E-state index is -2.82. The highest BCUT2D eigenvalue weighted by atomic mass is 32.2. The summed E-state index contributed by atoms with van der Waals surface area (Å²) in [7, 11) is -2.82. The second-order valence-corrected chi connectivity index (χ2v) is 8.81. The third kappa shape index (κ3) is 4.29. The number of hydrogen-bond donors (Lipinski definition) is 1. The van der Waals surface area contributed by atoms with Gasteiger partial charge >= 0.3 is 0 Å². The number of aryl methyl sites for hydroxylation is 1. The molecule has 5 heteroatoms. The fraction of sp³-hybridized carbons (Fsp3) is 0.714. The lowest BCUT2D eigenvalue weighted by molar-refractivity contribution is 0.291. The molecule has 1 aromatic rings. The molecule has 0 spiro atoms. The third-order valence-electron chi connectivity index (χ3n) is 3.88. The van der Waals surface area contributed by atoms with Crippen molar-refractivity contribution >= 4 is 21.2 Å². The van der Waals surface area contributed by atoms with Gasteiger partial charge in [0.05, 0.1) is 11.5 Å². The normalized spacial score (nSPS) is 25.7. The Hall–Kier alpha value is -0.390. The second-order valence-electron chi connectivity index (χ2n) is 5.60. The first-order chi connectivity index (χ1) is 9.05. The number of rotatable bonds is 7. The molecule has 0 radical (unpaired) electrons. The largest absolute Gasteiger partial charge is 0.316 e. The van der Waals surface area contributed by atoms with Gasteiger partial charge in [-0.3, -0.25) is 0 Å². The van der Waals surface area contributed by atoms with Crippen LogP contribution in [0.1, 0.15) is 31.1 Å². The van der Waals surface area contributed by atoms with Crippen LogP contribution in [0.15, 0.2) is 17.5 Å². The molecule has 1 atom stereocenters. The Bertz CT molecular complexity index is 482. The molecule has 1 aliphatic heterocycles. The minimum Gasteiger partial charge on any atom is -0.316 e. The number of sulfone groups is 1. The van der Waals surface area contributed by atoms with Gasteiger partial charge in [-0.15, -0.1) is 11.3 Å². The van der Waals surface area contributed by atoms with Gasteiger partial charge in [0.2, 0.25) is 0 Å². The summed E-state index contributed by atoms with van der Waals surface area (Å²) in [5.74, 6) is 0.729. The maximum absolute atomic E-state index is 11.8. The minimum absolute atomic E-state index is 0.0437. The van der Waals surface area contributed by atoms with Gasteiger partial charge in [-0.05, 0) is 49.1 Å². The quantitative estimate of drug-likeness (QED) is 0.787. The number of nitrogens with one attached hydrogen (secondary N) is 1. The van der Waals surface area contributed by atoms with Gasteiger partial charge in [0, 0.05) is 11.4 Å². The van der Waals surface area contributed by atoms with Crippen molar-refractivity contribution < 1.29 is 8.42 Å². The van der Waals surface area contributed by atoms with Gasteiger partial charge in [0.15, 0.2) is 9.84 Å². The molecular weight excluding hydrogens is 278 g/mol. The summed E-state index contributed by atoms with van der Waals surface area (Å²) in [6, 6.07) is 4.20. The molecule has 1 fully saturated rings. The lowest BCUT2D eigenvalue weighted by Crippen LogP contribution is -2.36. The van der Waals surface area contributed by atoms with Crippen LogP contribution in [0, 0.1) is 5.41 Å². The molecule has 1 aliphatic rings. The summed E-state index contributed by atoms with van der Waals surface area (Å²) in [5, 5.41) is 5.51. The van der Waals surface area contributed by atoms with Crippen LogP contribution in [0.5, 0.6) is 0 Å². The van der Waals surface area contributed by atoms with E-state index in [-0.39, 0.29) is 5.41 Å². The van der Waals surface area contributed by atoms with E-state index in [9.17, 15) is 8.42 Å². The highest BCUT2D eigenvalue weighted by Gasteiger charge is 2.41. The Morgan fingerprint density at radius 3 is 2.89 bits per heavy atom. The van der Waals surface area contributed by atoms with E-state index >= 15 is 0 Å². The van der Waals surface area contributed by atoms with E-state index < -0.39 is 9.84 Å². The molecule has 1 saturated heterocycles. The SMILES string of the molecule is CCCNCC1(CCc2cccs2)CCS(=O)(=O)C1. The lowest BCUT2D eigenvalue weighted by atomic mass is 9.82. The molecule has 2 heterocycles. The molecule has 1 unspecified atom stereocenters. The van der Waals surface area contributed by atoms with Crippen LogP contribution in [0.3, 0.4) is 0 Å². The topological polar surface area (TPSA) is 46.2 Å². The van der Waals surface area contributed by atoms with Gasteiger partial charge in [-0.25, -0.2) is 8.42 Å². The molecule has 0 aromatic carbocycles. The van der Waals surface area contributed by atoms with Gasteiger partial charge in [0.1, 0.15) is 0 Å². The maximum Gasteiger partial charge on any atom is 0.150 e. The number of hydrogen-bond acceptors (Lipinski definition) is 4. The second kappa shape index (κ2) is 6.37. The van der Waals surface area contributed by atoms with E-state index in [1.54, 1.807) is 11.3 Å². The Kier molecular flexibility index (Phi) is 5.03. The van der Waals surface area contributed by atoms with Crippen LogP contribution in [-0.2, 0) is 16.3 Å². The van der Waals surface area contributed by atoms with Crippen LogP contribution in [0.2, 0.25) is 0 Å². The van der Waals surface area contributed by atoms with E-state index in [1.807, 2.05) is 0 Å². The van der Waals surface area contributed by atoms with Gasteiger partial charge in [0.25, 0.3) is 0 Å². The molecule has 1 N–H and O–H groups in total. The van der Waals surface area contributed by atoms with E-state index in [0.717, 1.165) is 38.8 Å².